The molecule has 0 unspecified atom stereocenters. The highest BCUT2D eigenvalue weighted by molar-refractivity contribution is 6.05. The van der Waals surface area contributed by atoms with Crippen molar-refractivity contribution in [3.05, 3.63) is 71.0 Å². The normalized spacial score (nSPS) is 10.5. The number of carbonyl (C=O) groups is 3. The Morgan fingerprint density at radius 1 is 0.923 bits per heavy atom. The molecule has 0 aliphatic carbocycles. The summed E-state index contributed by atoms with van der Waals surface area (Å²) in [6.45, 7) is 1.28. The van der Waals surface area contributed by atoms with E-state index in [4.69, 9.17) is 9.15 Å². The molecule has 6 nitrogen and oxygen atoms in total. The third-order valence-corrected chi connectivity index (χ3v) is 3.98. The third-order valence-electron chi connectivity index (χ3n) is 3.98. The lowest BCUT2D eigenvalue weighted by atomic mass is 10.1. The Morgan fingerprint density at radius 3 is 2.19 bits per heavy atom. The van der Waals surface area contributed by atoms with Crippen LogP contribution in [0.3, 0.4) is 0 Å². The molecule has 2 aromatic carbocycles. The summed E-state index contributed by atoms with van der Waals surface area (Å²) < 4.78 is 15.3. The molecule has 0 atom stereocenters. The number of aryl methyl sites for hydroxylation is 1. The first-order chi connectivity index (χ1) is 12.5. The van der Waals surface area contributed by atoms with E-state index in [-0.39, 0.29) is 16.9 Å². The number of hydrogen-bond donors (Lipinski definition) is 0. The third kappa shape index (κ3) is 3.21. The first kappa shape index (κ1) is 17.4. The van der Waals surface area contributed by atoms with Gasteiger partial charge in [0, 0.05) is 10.9 Å². The van der Waals surface area contributed by atoms with Crippen LogP contribution in [0.15, 0.2) is 52.9 Å². The van der Waals surface area contributed by atoms with E-state index in [1.165, 1.54) is 19.2 Å². The molecule has 3 rings (SSSR count). The fourth-order valence-electron chi connectivity index (χ4n) is 2.66. The number of methoxy groups -OCH3 is 1. The maximum atomic E-state index is 12.4. The molecule has 0 amide bonds. The number of ketones is 1. The van der Waals surface area contributed by atoms with Crippen LogP contribution < -0.4 is 0 Å². The van der Waals surface area contributed by atoms with E-state index in [0.717, 1.165) is 5.39 Å². The van der Waals surface area contributed by atoms with Gasteiger partial charge in [0.15, 0.2) is 12.4 Å². The molecule has 1 heterocycles. The van der Waals surface area contributed by atoms with Gasteiger partial charge in [-0.25, -0.2) is 9.59 Å². The fourth-order valence-corrected chi connectivity index (χ4v) is 2.66. The quantitative estimate of drug-likeness (QED) is 0.516. The average Bonchev–Trinajstić information content (AvgIpc) is 3.02. The van der Waals surface area contributed by atoms with E-state index in [1.807, 2.05) is 18.2 Å². The molecule has 26 heavy (non-hydrogen) atoms. The van der Waals surface area contributed by atoms with Crippen molar-refractivity contribution in [2.24, 2.45) is 0 Å². The summed E-state index contributed by atoms with van der Waals surface area (Å²) >= 11 is 0. The van der Waals surface area contributed by atoms with E-state index in [9.17, 15) is 14.4 Å². The molecule has 0 aliphatic rings. The molecule has 0 aliphatic heterocycles. The van der Waals surface area contributed by atoms with Gasteiger partial charge in [-0.15, -0.1) is 0 Å². The van der Waals surface area contributed by atoms with E-state index in [1.54, 1.807) is 25.1 Å². The SMILES string of the molecule is COC(=O)c1ccccc1C(=O)OCC(=O)c1oc2ccccc2c1C. The van der Waals surface area contributed by atoms with Crippen molar-refractivity contribution in [3.63, 3.8) is 0 Å². The Hall–Kier alpha value is -3.41. The van der Waals surface area contributed by atoms with Crippen molar-refractivity contribution in [2.75, 3.05) is 13.7 Å². The van der Waals surface area contributed by atoms with Gasteiger partial charge >= 0.3 is 11.9 Å². The fraction of sp³-hybridized carbons (Fsp3) is 0.150. The van der Waals surface area contributed by atoms with Crippen LogP contribution in [-0.2, 0) is 9.47 Å². The van der Waals surface area contributed by atoms with E-state index in [0.29, 0.717) is 11.1 Å². The van der Waals surface area contributed by atoms with Crippen LogP contribution in [0.5, 0.6) is 0 Å². The largest absolute Gasteiger partial charge is 0.465 e. The van der Waals surface area contributed by atoms with Crippen molar-refractivity contribution in [1.82, 2.24) is 0 Å². The molecular formula is C20H16O6. The summed E-state index contributed by atoms with van der Waals surface area (Å²) in [5, 5.41) is 0.832. The van der Waals surface area contributed by atoms with Crippen LogP contribution in [0.25, 0.3) is 11.0 Å². The summed E-state index contributed by atoms with van der Waals surface area (Å²) in [7, 11) is 1.22. The summed E-state index contributed by atoms with van der Waals surface area (Å²) in [6.07, 6.45) is 0. The monoisotopic (exact) mass is 352 g/mol. The molecule has 0 saturated carbocycles. The number of esters is 2. The highest BCUT2D eigenvalue weighted by atomic mass is 16.5. The predicted molar refractivity (Wildman–Crippen MR) is 93.3 cm³/mol. The topological polar surface area (TPSA) is 82.8 Å². The molecule has 0 saturated heterocycles. The number of fused-ring (bicyclic) bond motifs is 1. The maximum absolute atomic E-state index is 12.4. The van der Waals surface area contributed by atoms with Crippen LogP contribution in [-0.4, -0.2) is 31.4 Å². The van der Waals surface area contributed by atoms with Gasteiger partial charge in [0.05, 0.1) is 18.2 Å². The smallest absolute Gasteiger partial charge is 0.339 e. The van der Waals surface area contributed by atoms with Gasteiger partial charge in [-0.05, 0) is 25.1 Å². The summed E-state index contributed by atoms with van der Waals surface area (Å²) in [6, 6.07) is 13.4. The Morgan fingerprint density at radius 2 is 1.54 bits per heavy atom. The number of ether oxygens (including phenoxy) is 2. The summed E-state index contributed by atoms with van der Waals surface area (Å²) in [5.74, 6) is -1.74. The Bertz CT molecular complexity index is 998. The minimum absolute atomic E-state index is 0.0356. The number of Topliss-reactive ketones (excluding diaryl/α,β-unsaturated/α-hetero) is 1. The number of rotatable bonds is 5. The van der Waals surface area contributed by atoms with Crippen LogP contribution in [0, 0.1) is 6.92 Å². The van der Waals surface area contributed by atoms with Crippen molar-refractivity contribution < 1.29 is 28.3 Å². The van der Waals surface area contributed by atoms with Crippen LogP contribution >= 0.6 is 0 Å². The van der Waals surface area contributed by atoms with Gasteiger partial charge in [0.2, 0.25) is 5.78 Å². The first-order valence-corrected chi connectivity index (χ1v) is 7.88. The summed E-state index contributed by atoms with van der Waals surface area (Å²) in [4.78, 5) is 36.4. The standard InChI is InChI=1S/C20H16O6/c1-12-13-7-5-6-10-17(13)26-18(12)16(21)11-25-20(23)15-9-4-3-8-14(15)19(22)24-2/h3-10H,11H2,1-2H3. The number of para-hydroxylation sites is 1. The molecular weight excluding hydrogens is 336 g/mol. The molecule has 3 aromatic rings. The summed E-state index contributed by atoms with van der Waals surface area (Å²) in [5.41, 5.74) is 1.40. The minimum atomic E-state index is -0.784. The highest BCUT2D eigenvalue weighted by Gasteiger charge is 2.22. The zero-order valence-electron chi connectivity index (χ0n) is 14.3. The van der Waals surface area contributed by atoms with Crippen molar-refractivity contribution in [1.29, 1.82) is 0 Å². The molecule has 6 heteroatoms. The van der Waals surface area contributed by atoms with Gasteiger partial charge in [-0.1, -0.05) is 30.3 Å². The zero-order chi connectivity index (χ0) is 18.7. The average molecular weight is 352 g/mol. The first-order valence-electron chi connectivity index (χ1n) is 7.88. The molecule has 132 valence electrons. The van der Waals surface area contributed by atoms with Crippen molar-refractivity contribution >= 4 is 28.7 Å². The lowest BCUT2D eigenvalue weighted by molar-refractivity contribution is 0.0457. The van der Waals surface area contributed by atoms with E-state index in [2.05, 4.69) is 4.74 Å². The predicted octanol–water partition coefficient (Wildman–Crippen LogP) is 3.57. The molecule has 0 radical (unpaired) electrons. The molecule has 0 N–H and O–H groups in total. The molecule has 1 aromatic heterocycles. The lowest BCUT2D eigenvalue weighted by Gasteiger charge is -2.07. The number of carbonyl (C=O) groups excluding carboxylic acids is 3. The molecule has 0 spiro atoms. The van der Waals surface area contributed by atoms with Crippen molar-refractivity contribution in [2.45, 2.75) is 6.92 Å². The van der Waals surface area contributed by atoms with E-state index >= 15 is 0 Å². The second-order valence-corrected chi connectivity index (χ2v) is 5.59. The number of hydrogen-bond acceptors (Lipinski definition) is 6. The van der Waals surface area contributed by atoms with Crippen LogP contribution in [0.1, 0.15) is 36.8 Å². The number of furan rings is 1. The van der Waals surface area contributed by atoms with Gasteiger partial charge in [-0.3, -0.25) is 4.79 Å². The molecule has 0 fully saturated rings. The number of benzene rings is 2. The Balaban J connectivity index is 1.76. The molecule has 0 bridgehead atoms. The second-order valence-electron chi connectivity index (χ2n) is 5.59. The lowest BCUT2D eigenvalue weighted by Crippen LogP contribution is -2.17. The Kier molecular flexibility index (Phi) is 4.84. The Labute approximate surface area is 149 Å². The van der Waals surface area contributed by atoms with Gasteiger partial charge in [0.25, 0.3) is 0 Å². The van der Waals surface area contributed by atoms with Crippen LogP contribution in [0.2, 0.25) is 0 Å². The minimum Gasteiger partial charge on any atom is -0.465 e. The van der Waals surface area contributed by atoms with Crippen molar-refractivity contribution in [3.8, 4) is 0 Å². The highest BCUT2D eigenvalue weighted by Crippen LogP contribution is 2.25. The van der Waals surface area contributed by atoms with Gasteiger partial charge in [-0.2, -0.15) is 0 Å². The zero-order valence-corrected chi connectivity index (χ0v) is 14.3. The van der Waals surface area contributed by atoms with Crippen LogP contribution in [0.4, 0.5) is 0 Å². The van der Waals surface area contributed by atoms with Gasteiger partial charge in [0.1, 0.15) is 5.58 Å². The van der Waals surface area contributed by atoms with E-state index < -0.39 is 24.3 Å². The maximum Gasteiger partial charge on any atom is 0.339 e. The van der Waals surface area contributed by atoms with Gasteiger partial charge < -0.3 is 13.9 Å². The second kappa shape index (κ2) is 7.23.